The first-order valence-corrected chi connectivity index (χ1v) is 14.6. The van der Waals surface area contributed by atoms with Crippen molar-refractivity contribution in [2.24, 2.45) is 0 Å². The summed E-state index contributed by atoms with van der Waals surface area (Å²) in [6, 6.07) is 10.5. The number of allylic oxidation sites excluding steroid dienone is 19. The number of terminal acetylenes is 1. The molecule has 0 bridgehead atoms. The first-order valence-electron chi connectivity index (χ1n) is 14.6. The fourth-order valence-electron chi connectivity index (χ4n) is 3.67. The van der Waals surface area contributed by atoms with E-state index in [-0.39, 0.29) is 0 Å². The van der Waals surface area contributed by atoms with Gasteiger partial charge in [-0.25, -0.2) is 0 Å². The van der Waals surface area contributed by atoms with Crippen LogP contribution in [-0.2, 0) is 5.41 Å². The van der Waals surface area contributed by atoms with Crippen molar-refractivity contribution in [3.63, 3.8) is 0 Å². The molecule has 0 saturated heterocycles. The molecule has 0 N–H and O–H groups in total. The van der Waals surface area contributed by atoms with Crippen molar-refractivity contribution in [1.29, 1.82) is 5.26 Å². The zero-order valence-corrected chi connectivity index (χ0v) is 26.9. The molecule has 1 nitrogen and oxygen atoms in total. The van der Waals surface area contributed by atoms with Gasteiger partial charge in [0.1, 0.15) is 5.41 Å². The van der Waals surface area contributed by atoms with Gasteiger partial charge in [0, 0.05) is 0 Å². The van der Waals surface area contributed by atoms with Crippen LogP contribution in [0.15, 0.2) is 166 Å². The van der Waals surface area contributed by atoms with Crippen LogP contribution in [0.2, 0.25) is 0 Å². The van der Waals surface area contributed by atoms with Gasteiger partial charge < -0.3 is 0 Å². The van der Waals surface area contributed by atoms with Crippen LogP contribution in [0.25, 0.3) is 5.57 Å². The average molecular weight is 570 g/mol. The van der Waals surface area contributed by atoms with E-state index in [0.717, 1.165) is 29.5 Å². The summed E-state index contributed by atoms with van der Waals surface area (Å²) in [5.41, 5.74) is 4.01. The average Bonchev–Trinajstić information content (AvgIpc) is 3.01. The molecule has 1 aromatic carbocycles. The number of nitriles is 1. The fourth-order valence-corrected chi connectivity index (χ4v) is 3.67. The molecule has 0 saturated carbocycles. The molecular formula is C42H51N. The van der Waals surface area contributed by atoms with E-state index in [4.69, 9.17) is 6.42 Å². The molecule has 1 heteroatoms. The summed E-state index contributed by atoms with van der Waals surface area (Å²) in [6.07, 6.45) is 39.5. The Kier molecular flexibility index (Phi) is 25.6. The lowest BCUT2D eigenvalue weighted by Gasteiger charge is -2.25. The van der Waals surface area contributed by atoms with Gasteiger partial charge in [0.15, 0.2) is 0 Å². The van der Waals surface area contributed by atoms with Crippen molar-refractivity contribution >= 4 is 5.57 Å². The van der Waals surface area contributed by atoms with Gasteiger partial charge in [0.25, 0.3) is 0 Å². The highest BCUT2D eigenvalue weighted by Crippen LogP contribution is 2.34. The summed E-state index contributed by atoms with van der Waals surface area (Å²) in [4.78, 5) is 0. The zero-order valence-electron chi connectivity index (χ0n) is 26.9. The maximum atomic E-state index is 10.3. The zero-order chi connectivity index (χ0) is 32.8. The molecule has 0 amide bonds. The monoisotopic (exact) mass is 569 g/mol. The molecule has 1 atom stereocenters. The predicted molar refractivity (Wildman–Crippen MR) is 195 cm³/mol. The Morgan fingerprint density at radius 2 is 1.58 bits per heavy atom. The van der Waals surface area contributed by atoms with Crippen LogP contribution in [0.4, 0.5) is 0 Å². The largest absolute Gasteiger partial charge is 0.197 e. The highest BCUT2D eigenvalue weighted by molar-refractivity contribution is 5.74. The van der Waals surface area contributed by atoms with Crippen molar-refractivity contribution in [2.75, 3.05) is 0 Å². The normalized spacial score (nSPS) is 12.7. The summed E-state index contributed by atoms with van der Waals surface area (Å²) < 4.78 is 0. The predicted octanol–water partition coefficient (Wildman–Crippen LogP) is 12.1. The third kappa shape index (κ3) is 17.5. The first kappa shape index (κ1) is 40.3. The molecule has 0 spiro atoms. The molecule has 0 aliphatic heterocycles. The second-order valence-corrected chi connectivity index (χ2v) is 9.24. The van der Waals surface area contributed by atoms with E-state index in [1.165, 1.54) is 12.0 Å². The Morgan fingerprint density at radius 1 is 0.930 bits per heavy atom. The third-order valence-electron chi connectivity index (χ3n) is 5.79. The Labute approximate surface area is 264 Å². The van der Waals surface area contributed by atoms with E-state index in [0.29, 0.717) is 12.0 Å². The van der Waals surface area contributed by atoms with E-state index >= 15 is 0 Å². The highest BCUT2D eigenvalue weighted by atomic mass is 14.4. The van der Waals surface area contributed by atoms with E-state index in [9.17, 15) is 5.26 Å². The molecule has 0 fully saturated rings. The van der Waals surface area contributed by atoms with Crippen LogP contribution < -0.4 is 0 Å². The van der Waals surface area contributed by atoms with E-state index in [1.807, 2.05) is 124 Å². The summed E-state index contributed by atoms with van der Waals surface area (Å²) >= 11 is 0. The SMILES string of the molecule is C#C/C=C\C/C=C\C(=C)C(C#N)(/C=C/C=C\C=C/C)c1ccc(C(/C=C\C=C)=C/C)cc1.C=CC.C=CCC(=C)CCC. The molecule has 1 unspecified atom stereocenters. The van der Waals surface area contributed by atoms with Crippen molar-refractivity contribution in [1.82, 2.24) is 0 Å². The second-order valence-electron chi connectivity index (χ2n) is 9.24. The van der Waals surface area contributed by atoms with Crippen molar-refractivity contribution in [3.05, 3.63) is 177 Å². The van der Waals surface area contributed by atoms with Crippen molar-refractivity contribution < 1.29 is 0 Å². The molecule has 43 heavy (non-hydrogen) atoms. The minimum atomic E-state index is -0.988. The Balaban J connectivity index is 0. The van der Waals surface area contributed by atoms with Crippen molar-refractivity contribution in [2.45, 2.75) is 58.8 Å². The van der Waals surface area contributed by atoms with Crippen LogP contribution in [0, 0.1) is 23.7 Å². The van der Waals surface area contributed by atoms with Crippen LogP contribution in [0.5, 0.6) is 0 Å². The fraction of sp³-hybridized carbons (Fsp3) is 0.214. The highest BCUT2D eigenvalue weighted by Gasteiger charge is 2.31. The number of hydrogen-bond donors (Lipinski definition) is 0. The standard InChI is InChI=1S/C31H31N.C8H14.C3H6/c1-6-10-13-15-17-19-27(5)31(26-32,25-18-16-14-11-7-2)30-23-21-29(22-24-30)28(9-4)20-12-8-3;1-4-6-8(3)7-5-2;1-3-2/h1,7-14,16-25H,3,5,15H2,2,4H3;4H,1,3,5-7H2,2H3;3H,1H2,2H3/b11-7-,13-10-,16-14-,19-17-,20-12-,25-18+,28-9+;;. The van der Waals surface area contributed by atoms with Crippen LogP contribution >= 0.6 is 0 Å². The molecular weight excluding hydrogens is 518 g/mol. The first-order chi connectivity index (χ1) is 20.8. The molecule has 1 rings (SSSR count). The maximum Gasteiger partial charge on any atom is 0.125 e. The lowest BCUT2D eigenvalue weighted by Crippen LogP contribution is -2.23. The van der Waals surface area contributed by atoms with Gasteiger partial charge in [0.05, 0.1) is 6.07 Å². The van der Waals surface area contributed by atoms with Gasteiger partial charge in [-0.05, 0) is 68.4 Å². The van der Waals surface area contributed by atoms with E-state index in [2.05, 4.69) is 51.8 Å². The molecule has 224 valence electrons. The number of rotatable bonds is 15. The Bertz CT molecular complexity index is 1280. The molecule has 0 aromatic heterocycles. The van der Waals surface area contributed by atoms with Gasteiger partial charge in [-0.1, -0.05) is 160 Å². The van der Waals surface area contributed by atoms with Gasteiger partial charge in [-0.15, -0.1) is 19.6 Å². The second kappa shape index (κ2) is 27.3. The summed E-state index contributed by atoms with van der Waals surface area (Å²) in [7, 11) is 0. The quantitative estimate of drug-likeness (QED) is 0.117. The van der Waals surface area contributed by atoms with Crippen molar-refractivity contribution in [3.8, 4) is 18.4 Å². The Morgan fingerprint density at radius 3 is 2.09 bits per heavy atom. The minimum Gasteiger partial charge on any atom is -0.197 e. The Hall–Kier alpha value is -4.85. The molecule has 0 aliphatic carbocycles. The van der Waals surface area contributed by atoms with Crippen LogP contribution in [-0.4, -0.2) is 0 Å². The summed E-state index contributed by atoms with van der Waals surface area (Å²) in [5, 5.41) is 10.3. The number of benzene rings is 1. The molecule has 0 aliphatic rings. The lowest BCUT2D eigenvalue weighted by molar-refractivity contribution is 0.833. The van der Waals surface area contributed by atoms with Gasteiger partial charge in [-0.2, -0.15) is 5.26 Å². The molecule has 0 radical (unpaired) electrons. The van der Waals surface area contributed by atoms with Gasteiger partial charge in [0.2, 0.25) is 0 Å². The number of nitrogens with zero attached hydrogens (tertiary/aromatic N) is 1. The lowest BCUT2D eigenvalue weighted by atomic mass is 9.75. The number of hydrogen-bond acceptors (Lipinski definition) is 1. The van der Waals surface area contributed by atoms with Gasteiger partial charge >= 0.3 is 0 Å². The van der Waals surface area contributed by atoms with Crippen LogP contribution in [0.1, 0.15) is 64.5 Å². The van der Waals surface area contributed by atoms with Crippen LogP contribution in [0.3, 0.4) is 0 Å². The summed E-state index contributed by atoms with van der Waals surface area (Å²) in [5.74, 6) is 2.47. The topological polar surface area (TPSA) is 23.8 Å². The summed E-state index contributed by atoms with van der Waals surface area (Å²) in [6.45, 7) is 26.8. The van der Waals surface area contributed by atoms with E-state index in [1.54, 1.807) is 18.2 Å². The van der Waals surface area contributed by atoms with Gasteiger partial charge in [-0.3, -0.25) is 0 Å². The molecule has 1 aromatic rings. The third-order valence-corrected chi connectivity index (χ3v) is 5.79. The molecule has 0 heterocycles. The maximum absolute atomic E-state index is 10.3. The smallest absolute Gasteiger partial charge is 0.125 e. The van der Waals surface area contributed by atoms with E-state index < -0.39 is 5.41 Å². The minimum absolute atomic E-state index is 0.675.